The van der Waals surface area contributed by atoms with Gasteiger partial charge in [0.05, 0.1) is 39.5 Å². The predicted molar refractivity (Wildman–Crippen MR) is 108 cm³/mol. The number of aromatic nitrogens is 5. The van der Waals surface area contributed by atoms with Gasteiger partial charge >= 0.3 is 0 Å². The van der Waals surface area contributed by atoms with Crippen molar-refractivity contribution in [2.45, 2.75) is 13.3 Å². The van der Waals surface area contributed by atoms with Gasteiger partial charge in [-0.1, -0.05) is 36.4 Å². The first-order chi connectivity index (χ1) is 13.3. The number of hydrogen-bond acceptors (Lipinski definition) is 4. The largest absolute Gasteiger partial charge is 0.278 e. The fraction of sp³-hybridized carbons (Fsp3) is 0.0952. The van der Waals surface area contributed by atoms with Crippen molar-refractivity contribution in [1.29, 1.82) is 0 Å². The van der Waals surface area contributed by atoms with Crippen molar-refractivity contribution < 1.29 is 0 Å². The summed E-state index contributed by atoms with van der Waals surface area (Å²) in [7, 11) is 0. The molecule has 132 valence electrons. The Bertz CT molecular complexity index is 1220. The van der Waals surface area contributed by atoms with Gasteiger partial charge in [-0.05, 0) is 25.1 Å². The summed E-state index contributed by atoms with van der Waals surface area (Å²) in [5, 5.41) is 16.4. The third kappa shape index (κ3) is 2.84. The lowest BCUT2D eigenvalue weighted by Gasteiger charge is -2.04. The minimum atomic E-state index is 0.723. The Morgan fingerprint density at radius 2 is 1.85 bits per heavy atom. The van der Waals surface area contributed by atoms with Gasteiger partial charge < -0.3 is 0 Å². The van der Waals surface area contributed by atoms with E-state index in [0.29, 0.717) is 0 Å². The van der Waals surface area contributed by atoms with Crippen molar-refractivity contribution in [1.82, 2.24) is 25.0 Å². The molecule has 0 fully saturated rings. The first-order valence-electron chi connectivity index (χ1n) is 8.76. The van der Waals surface area contributed by atoms with Gasteiger partial charge in [0.2, 0.25) is 0 Å². The number of benzene rings is 2. The number of rotatable bonds is 4. The lowest BCUT2D eigenvalue weighted by Crippen LogP contribution is -1.98. The van der Waals surface area contributed by atoms with Crippen LogP contribution in [0.1, 0.15) is 16.4 Å². The molecule has 0 aliphatic heterocycles. The minimum absolute atomic E-state index is 0.723. The molecule has 27 heavy (non-hydrogen) atoms. The first-order valence-corrected chi connectivity index (χ1v) is 9.64. The van der Waals surface area contributed by atoms with E-state index in [1.54, 1.807) is 11.3 Å². The number of para-hydroxylation sites is 2. The first kappa shape index (κ1) is 16.0. The van der Waals surface area contributed by atoms with Crippen LogP contribution in [0.5, 0.6) is 0 Å². The highest BCUT2D eigenvalue weighted by Gasteiger charge is 2.14. The van der Waals surface area contributed by atoms with Crippen molar-refractivity contribution in [3.05, 3.63) is 82.6 Å². The van der Waals surface area contributed by atoms with Crippen LogP contribution in [-0.2, 0) is 6.42 Å². The second-order valence-electron chi connectivity index (χ2n) is 6.41. The van der Waals surface area contributed by atoms with Crippen molar-refractivity contribution in [3.8, 4) is 16.9 Å². The fourth-order valence-corrected chi connectivity index (χ4v) is 4.10. The quantitative estimate of drug-likeness (QED) is 0.495. The van der Waals surface area contributed by atoms with Crippen LogP contribution in [0.4, 0.5) is 0 Å². The molecule has 5 aromatic rings. The standard InChI is InChI=1S/C21H17N5S/c1-14-17(12-22-26(14)15-7-3-2-4-8-15)20-13-27-21(23-20)11-19-16-9-5-6-10-18(16)24-25-19/h2-10,12-13H,11H2,1H3,(H,24,25). The molecule has 0 aliphatic rings. The number of nitrogens with zero attached hydrogens (tertiary/aromatic N) is 4. The molecule has 0 bridgehead atoms. The lowest BCUT2D eigenvalue weighted by molar-refractivity contribution is 0.847. The second-order valence-corrected chi connectivity index (χ2v) is 7.35. The molecule has 1 N–H and O–H groups in total. The van der Waals surface area contributed by atoms with Gasteiger partial charge in [0.25, 0.3) is 0 Å². The van der Waals surface area contributed by atoms with E-state index in [1.165, 1.54) is 0 Å². The van der Waals surface area contributed by atoms with E-state index in [-0.39, 0.29) is 0 Å². The molecule has 0 saturated carbocycles. The van der Waals surface area contributed by atoms with Gasteiger partial charge in [-0.3, -0.25) is 5.10 Å². The van der Waals surface area contributed by atoms with Crippen LogP contribution in [0.3, 0.4) is 0 Å². The molecule has 0 aliphatic carbocycles. The average molecular weight is 371 g/mol. The van der Waals surface area contributed by atoms with E-state index in [2.05, 4.69) is 45.8 Å². The normalized spacial score (nSPS) is 11.3. The number of fused-ring (bicyclic) bond motifs is 1. The van der Waals surface area contributed by atoms with Crippen LogP contribution in [0.25, 0.3) is 27.8 Å². The molecule has 3 heterocycles. The second kappa shape index (κ2) is 6.48. The number of aromatic amines is 1. The molecule has 0 unspecified atom stereocenters. The monoisotopic (exact) mass is 371 g/mol. The summed E-state index contributed by atoms with van der Waals surface area (Å²) in [6, 6.07) is 18.3. The Morgan fingerprint density at radius 1 is 1.04 bits per heavy atom. The average Bonchev–Trinajstić information content (AvgIpc) is 3.42. The van der Waals surface area contributed by atoms with Gasteiger partial charge in [0, 0.05) is 22.8 Å². The Kier molecular flexibility index (Phi) is 3.83. The topological polar surface area (TPSA) is 59.4 Å². The fourth-order valence-electron chi connectivity index (χ4n) is 3.30. The van der Waals surface area contributed by atoms with Gasteiger partial charge in [0.15, 0.2) is 0 Å². The van der Waals surface area contributed by atoms with Crippen LogP contribution in [-0.4, -0.2) is 25.0 Å². The van der Waals surface area contributed by atoms with Crippen LogP contribution in [0.2, 0.25) is 0 Å². The number of hydrogen-bond donors (Lipinski definition) is 1. The van der Waals surface area contributed by atoms with E-state index in [1.807, 2.05) is 47.3 Å². The van der Waals surface area contributed by atoms with Gasteiger partial charge in [0.1, 0.15) is 0 Å². The minimum Gasteiger partial charge on any atom is -0.278 e. The zero-order chi connectivity index (χ0) is 18.2. The molecule has 0 amide bonds. The highest BCUT2D eigenvalue weighted by Crippen LogP contribution is 2.28. The maximum absolute atomic E-state index is 4.84. The molecule has 5 rings (SSSR count). The molecule has 6 heteroatoms. The Morgan fingerprint density at radius 3 is 2.74 bits per heavy atom. The van der Waals surface area contributed by atoms with Crippen molar-refractivity contribution >= 4 is 22.2 Å². The number of thiazole rings is 1. The maximum atomic E-state index is 4.84. The van der Waals surface area contributed by atoms with Crippen molar-refractivity contribution in [3.63, 3.8) is 0 Å². The molecular weight excluding hydrogens is 354 g/mol. The molecule has 5 nitrogen and oxygen atoms in total. The summed E-state index contributed by atoms with van der Waals surface area (Å²) in [6.45, 7) is 2.08. The molecule has 0 radical (unpaired) electrons. The Balaban J connectivity index is 1.45. The van der Waals surface area contributed by atoms with Gasteiger partial charge in [-0.15, -0.1) is 11.3 Å². The van der Waals surface area contributed by atoms with E-state index >= 15 is 0 Å². The summed E-state index contributed by atoms with van der Waals surface area (Å²) in [5.74, 6) is 0. The van der Waals surface area contributed by atoms with Crippen LogP contribution >= 0.6 is 11.3 Å². The Hall–Kier alpha value is -3.25. The van der Waals surface area contributed by atoms with E-state index in [4.69, 9.17) is 4.98 Å². The smallest absolute Gasteiger partial charge is 0.0993 e. The summed E-state index contributed by atoms with van der Waals surface area (Å²) in [6.07, 6.45) is 2.62. The SMILES string of the molecule is Cc1c(-c2csc(Cc3n[nH]c4ccccc34)n2)cnn1-c1ccccc1. The Labute approximate surface area is 160 Å². The number of H-pyrrole nitrogens is 1. The van der Waals surface area contributed by atoms with E-state index in [9.17, 15) is 0 Å². The number of nitrogens with one attached hydrogen (secondary N) is 1. The summed E-state index contributed by atoms with van der Waals surface area (Å²) < 4.78 is 1.95. The van der Waals surface area contributed by atoms with Gasteiger partial charge in [-0.25, -0.2) is 9.67 Å². The van der Waals surface area contributed by atoms with E-state index in [0.717, 1.165) is 50.7 Å². The summed E-state index contributed by atoms with van der Waals surface area (Å²) in [4.78, 5) is 4.84. The highest BCUT2D eigenvalue weighted by molar-refractivity contribution is 7.10. The van der Waals surface area contributed by atoms with Gasteiger partial charge in [-0.2, -0.15) is 10.2 Å². The van der Waals surface area contributed by atoms with Crippen molar-refractivity contribution in [2.24, 2.45) is 0 Å². The summed E-state index contributed by atoms with van der Waals surface area (Å²) >= 11 is 1.66. The van der Waals surface area contributed by atoms with Crippen LogP contribution in [0.15, 0.2) is 66.2 Å². The zero-order valence-electron chi connectivity index (χ0n) is 14.8. The lowest BCUT2D eigenvalue weighted by atomic mass is 10.2. The molecule has 2 aromatic carbocycles. The third-order valence-electron chi connectivity index (χ3n) is 4.71. The van der Waals surface area contributed by atoms with Crippen LogP contribution in [0, 0.1) is 6.92 Å². The molecule has 3 aromatic heterocycles. The van der Waals surface area contributed by atoms with E-state index < -0.39 is 0 Å². The predicted octanol–water partition coefficient (Wildman–Crippen LogP) is 4.77. The molecular formula is C21H17N5S. The molecule has 0 saturated heterocycles. The third-order valence-corrected chi connectivity index (χ3v) is 5.56. The summed E-state index contributed by atoms with van der Waals surface area (Å²) in [5.41, 5.74) is 6.26. The molecule has 0 atom stereocenters. The molecule has 0 spiro atoms. The zero-order valence-corrected chi connectivity index (χ0v) is 15.6. The highest BCUT2D eigenvalue weighted by atomic mass is 32.1. The van der Waals surface area contributed by atoms with Crippen LogP contribution < -0.4 is 0 Å². The maximum Gasteiger partial charge on any atom is 0.0993 e. The van der Waals surface area contributed by atoms with Crippen molar-refractivity contribution in [2.75, 3.05) is 0 Å².